The van der Waals surface area contributed by atoms with E-state index >= 15 is 0 Å². The maximum Gasteiger partial charge on any atom is 0.295 e. The van der Waals surface area contributed by atoms with Crippen LogP contribution in [-0.4, -0.2) is 25.6 Å². The molecule has 0 bridgehead atoms. The molecule has 1 N–H and O–H groups in total. The minimum atomic E-state index is -0.522. The average molecular weight is 399 g/mol. The Morgan fingerprint density at radius 2 is 2.11 bits per heavy atom. The number of aromatic nitrogens is 3. The molecule has 1 amide bonds. The van der Waals surface area contributed by atoms with Crippen molar-refractivity contribution in [2.75, 3.05) is 0 Å². The van der Waals surface area contributed by atoms with Crippen molar-refractivity contribution in [1.82, 2.24) is 20.1 Å². The number of carbonyl (C=O) groups is 1. The summed E-state index contributed by atoms with van der Waals surface area (Å²) in [5, 5.41) is 20.5. The molecule has 0 spiro atoms. The number of nitrogens with one attached hydrogen (secondary N) is 1. The molecule has 1 aromatic carbocycles. The minimum absolute atomic E-state index is 0.128. The normalized spacial score (nSPS) is 12.1. The van der Waals surface area contributed by atoms with Crippen molar-refractivity contribution in [3.63, 3.8) is 0 Å². The van der Waals surface area contributed by atoms with E-state index in [2.05, 4.69) is 29.2 Å². The van der Waals surface area contributed by atoms with E-state index in [4.69, 9.17) is 0 Å². The van der Waals surface area contributed by atoms with Crippen molar-refractivity contribution in [3.05, 3.63) is 68.9 Å². The van der Waals surface area contributed by atoms with Crippen LogP contribution in [0.2, 0.25) is 0 Å². The van der Waals surface area contributed by atoms with Crippen LogP contribution in [-0.2, 0) is 0 Å². The fraction of sp³-hybridized carbons (Fsp3) is 0.316. The molecule has 0 fully saturated rings. The van der Waals surface area contributed by atoms with Crippen molar-refractivity contribution < 1.29 is 9.72 Å². The number of thiophene rings is 1. The molecule has 8 nitrogen and oxygen atoms in total. The van der Waals surface area contributed by atoms with Crippen LogP contribution < -0.4 is 5.32 Å². The molecule has 9 heteroatoms. The quantitative estimate of drug-likeness (QED) is 0.453. The smallest absolute Gasteiger partial charge is 0.295 e. The highest BCUT2D eigenvalue weighted by atomic mass is 32.1. The van der Waals surface area contributed by atoms with E-state index in [1.54, 1.807) is 17.4 Å². The zero-order valence-corrected chi connectivity index (χ0v) is 16.4. The highest BCUT2D eigenvalue weighted by molar-refractivity contribution is 7.10. The third kappa shape index (κ3) is 4.09. The van der Waals surface area contributed by atoms with Crippen LogP contribution in [0.15, 0.2) is 48.4 Å². The molecule has 28 heavy (non-hydrogen) atoms. The van der Waals surface area contributed by atoms with Crippen LogP contribution in [0.1, 0.15) is 48.0 Å². The van der Waals surface area contributed by atoms with Crippen LogP contribution in [0.4, 0.5) is 5.69 Å². The molecular formula is C19H21N5O3S. The molecule has 3 aromatic rings. The molecule has 1 unspecified atom stereocenters. The lowest BCUT2D eigenvalue weighted by molar-refractivity contribution is -0.384. The first kappa shape index (κ1) is 19.7. The largest absolute Gasteiger partial charge is 0.344 e. The summed E-state index contributed by atoms with van der Waals surface area (Å²) in [4.78, 5) is 28.8. The standard InChI is InChI=1S/C19H21N5O3S/c1-3-13(4-2)18(17-6-5-9-28-17)22-19(25)14-7-8-15(16(10-14)24(26)27)23-12-20-11-21-23/h5-13,18H,3-4H2,1-2H3,(H,22,25). The second-order valence-corrected chi connectivity index (χ2v) is 7.32. The van der Waals surface area contributed by atoms with Crippen molar-refractivity contribution in [1.29, 1.82) is 0 Å². The molecular weight excluding hydrogens is 378 g/mol. The number of hydrogen-bond donors (Lipinski definition) is 1. The Labute approximate surface area is 166 Å². The van der Waals surface area contributed by atoms with Crippen LogP contribution in [0.25, 0.3) is 5.69 Å². The third-order valence-electron chi connectivity index (χ3n) is 4.76. The van der Waals surface area contributed by atoms with Crippen molar-refractivity contribution in [2.24, 2.45) is 5.92 Å². The number of nitro groups is 1. The van der Waals surface area contributed by atoms with Gasteiger partial charge in [0.2, 0.25) is 0 Å². The number of amides is 1. The number of nitrogens with zero attached hydrogens (tertiary/aromatic N) is 4. The lowest BCUT2D eigenvalue weighted by atomic mass is 9.92. The van der Waals surface area contributed by atoms with Crippen LogP contribution in [0.3, 0.4) is 0 Å². The predicted molar refractivity (Wildman–Crippen MR) is 107 cm³/mol. The average Bonchev–Trinajstić information content (AvgIpc) is 3.41. The molecule has 0 radical (unpaired) electrons. The number of nitro benzene ring substituents is 1. The second kappa shape index (κ2) is 8.75. The van der Waals surface area contributed by atoms with Crippen molar-refractivity contribution in [2.45, 2.75) is 32.7 Å². The van der Waals surface area contributed by atoms with Gasteiger partial charge in [-0.15, -0.1) is 11.3 Å². The van der Waals surface area contributed by atoms with E-state index in [1.165, 1.54) is 29.5 Å². The summed E-state index contributed by atoms with van der Waals surface area (Å²) in [7, 11) is 0. The summed E-state index contributed by atoms with van der Waals surface area (Å²) in [5.74, 6) is -0.0504. The van der Waals surface area contributed by atoms with Crippen LogP contribution >= 0.6 is 11.3 Å². The highest BCUT2D eigenvalue weighted by Gasteiger charge is 2.25. The molecule has 0 aliphatic carbocycles. The summed E-state index contributed by atoms with van der Waals surface area (Å²) in [6, 6.07) is 8.20. The summed E-state index contributed by atoms with van der Waals surface area (Å²) < 4.78 is 1.30. The van der Waals surface area contributed by atoms with Gasteiger partial charge in [-0.2, -0.15) is 5.10 Å². The number of carbonyl (C=O) groups excluding carboxylic acids is 1. The van der Waals surface area contributed by atoms with Gasteiger partial charge < -0.3 is 5.32 Å². The first-order valence-corrected chi connectivity index (χ1v) is 9.90. The van der Waals surface area contributed by atoms with E-state index < -0.39 is 4.92 Å². The van der Waals surface area contributed by atoms with Crippen LogP contribution in [0, 0.1) is 16.0 Å². The maximum atomic E-state index is 12.9. The van der Waals surface area contributed by atoms with Crippen molar-refractivity contribution >= 4 is 22.9 Å². The van der Waals surface area contributed by atoms with Crippen LogP contribution in [0.5, 0.6) is 0 Å². The molecule has 146 valence electrons. The fourth-order valence-corrected chi connectivity index (χ4v) is 4.08. The van der Waals surface area contributed by atoms with Gasteiger partial charge in [-0.3, -0.25) is 14.9 Å². The summed E-state index contributed by atoms with van der Waals surface area (Å²) in [6.45, 7) is 4.19. The lowest BCUT2D eigenvalue weighted by Gasteiger charge is -2.25. The Kier molecular flexibility index (Phi) is 6.15. The molecule has 0 saturated carbocycles. The van der Waals surface area contributed by atoms with Gasteiger partial charge >= 0.3 is 0 Å². The van der Waals surface area contributed by atoms with Gasteiger partial charge in [-0.1, -0.05) is 32.8 Å². The van der Waals surface area contributed by atoms with Gasteiger partial charge in [-0.05, 0) is 29.5 Å². The summed E-state index contributed by atoms with van der Waals surface area (Å²) >= 11 is 1.59. The summed E-state index contributed by atoms with van der Waals surface area (Å²) in [5.41, 5.74) is 0.297. The van der Waals surface area contributed by atoms with E-state index in [0.29, 0.717) is 0 Å². The van der Waals surface area contributed by atoms with Gasteiger partial charge in [0.1, 0.15) is 18.3 Å². The Morgan fingerprint density at radius 3 is 2.68 bits per heavy atom. The number of hydrogen-bond acceptors (Lipinski definition) is 6. The SMILES string of the molecule is CCC(CC)C(NC(=O)c1ccc(-n2cncn2)c([N+](=O)[O-])c1)c1cccs1. The van der Waals surface area contributed by atoms with Gasteiger partial charge in [0.25, 0.3) is 11.6 Å². The maximum absolute atomic E-state index is 12.9. The van der Waals surface area contributed by atoms with Gasteiger partial charge in [0.15, 0.2) is 0 Å². The minimum Gasteiger partial charge on any atom is -0.344 e. The van der Waals surface area contributed by atoms with E-state index in [0.717, 1.165) is 17.7 Å². The highest BCUT2D eigenvalue weighted by Crippen LogP contribution is 2.31. The number of benzene rings is 1. The monoisotopic (exact) mass is 399 g/mol. The molecule has 0 aliphatic rings. The topological polar surface area (TPSA) is 103 Å². The molecule has 2 heterocycles. The lowest BCUT2D eigenvalue weighted by Crippen LogP contribution is -2.32. The first-order chi connectivity index (χ1) is 13.5. The summed E-state index contributed by atoms with van der Waals surface area (Å²) in [6.07, 6.45) is 4.52. The van der Waals surface area contributed by atoms with Gasteiger partial charge in [0, 0.05) is 16.5 Å². The van der Waals surface area contributed by atoms with Gasteiger partial charge in [0.05, 0.1) is 11.0 Å². The first-order valence-electron chi connectivity index (χ1n) is 9.02. The van der Waals surface area contributed by atoms with Gasteiger partial charge in [-0.25, -0.2) is 9.67 Å². The van der Waals surface area contributed by atoms with E-state index in [1.807, 2.05) is 17.5 Å². The van der Waals surface area contributed by atoms with E-state index in [-0.39, 0.29) is 34.8 Å². The predicted octanol–water partition coefficient (Wildman–Crippen LogP) is 4.14. The Bertz CT molecular complexity index is 937. The molecule has 0 saturated heterocycles. The Balaban J connectivity index is 1.91. The zero-order chi connectivity index (χ0) is 20.1. The zero-order valence-electron chi connectivity index (χ0n) is 15.6. The van der Waals surface area contributed by atoms with Crippen molar-refractivity contribution in [3.8, 4) is 5.69 Å². The molecule has 2 aromatic heterocycles. The third-order valence-corrected chi connectivity index (χ3v) is 5.71. The number of rotatable bonds is 8. The van der Waals surface area contributed by atoms with E-state index in [9.17, 15) is 14.9 Å². The molecule has 0 aliphatic heterocycles. The Morgan fingerprint density at radius 1 is 1.32 bits per heavy atom. The second-order valence-electron chi connectivity index (χ2n) is 6.34. The Hall–Kier alpha value is -3.07. The molecule has 1 atom stereocenters. The fourth-order valence-electron chi connectivity index (χ4n) is 3.21. The molecule has 3 rings (SSSR count).